The van der Waals surface area contributed by atoms with Crippen LogP contribution in [0.15, 0.2) is 78.4 Å². The number of ether oxygens (including phenoxy) is 3. The van der Waals surface area contributed by atoms with Gasteiger partial charge in [0.1, 0.15) is 36.0 Å². The number of rotatable bonds is 20. The quantitative estimate of drug-likeness (QED) is 0.0634. The van der Waals surface area contributed by atoms with E-state index in [9.17, 15) is 29.5 Å². The molecule has 18 heteroatoms. The lowest BCUT2D eigenvalue weighted by Crippen LogP contribution is -2.58. The van der Waals surface area contributed by atoms with Crippen LogP contribution in [0.1, 0.15) is 71.4 Å². The fourth-order valence-electron chi connectivity index (χ4n) is 7.68. The second-order valence-electron chi connectivity index (χ2n) is 17.7. The highest BCUT2D eigenvalue weighted by Crippen LogP contribution is 2.38. The van der Waals surface area contributed by atoms with Crippen molar-refractivity contribution >= 4 is 75.3 Å². The van der Waals surface area contributed by atoms with E-state index < -0.39 is 41.0 Å². The van der Waals surface area contributed by atoms with Crippen LogP contribution >= 0.6 is 35.2 Å². The van der Waals surface area contributed by atoms with Gasteiger partial charge in [-0.3, -0.25) is 29.1 Å². The summed E-state index contributed by atoms with van der Waals surface area (Å²) in [6.07, 6.45) is 3.13. The molecule has 2 saturated heterocycles. The Morgan fingerprint density at radius 1 is 1.00 bits per heavy atom. The number of anilines is 2. The number of aromatic nitrogens is 1. The highest BCUT2D eigenvalue weighted by atomic mass is 35.5. The first-order valence-corrected chi connectivity index (χ1v) is 23.5. The summed E-state index contributed by atoms with van der Waals surface area (Å²) in [5.41, 5.74) is 3.57. The van der Waals surface area contributed by atoms with E-state index in [1.165, 1.54) is 9.80 Å². The zero-order valence-electron chi connectivity index (χ0n) is 37.8. The largest absolute Gasteiger partial charge is 0.494 e. The fraction of sp³-hybridized carbons (Fsp3) is 0.438. The van der Waals surface area contributed by atoms with Gasteiger partial charge in [-0.1, -0.05) is 56.6 Å². The van der Waals surface area contributed by atoms with Crippen molar-refractivity contribution in [3.63, 3.8) is 0 Å². The summed E-state index contributed by atoms with van der Waals surface area (Å²) >= 11 is 13.6. The summed E-state index contributed by atoms with van der Waals surface area (Å²) < 4.78 is 17.3. The first-order chi connectivity index (χ1) is 31.5. The molecule has 66 heavy (non-hydrogen) atoms. The minimum atomic E-state index is -0.968. The number of hydrogen-bond acceptors (Lipinski definition) is 12. The Morgan fingerprint density at radius 2 is 1.68 bits per heavy atom. The lowest BCUT2D eigenvalue weighted by Gasteiger charge is -2.35. The molecule has 0 saturated carbocycles. The highest BCUT2D eigenvalue weighted by Gasteiger charge is 2.50. The van der Waals surface area contributed by atoms with Gasteiger partial charge >= 0.3 is 0 Å². The maximum absolute atomic E-state index is 13.9. The van der Waals surface area contributed by atoms with Crippen LogP contribution in [-0.2, 0) is 35.2 Å². The van der Waals surface area contributed by atoms with Crippen molar-refractivity contribution in [2.45, 2.75) is 90.6 Å². The number of hydrogen-bond donors (Lipinski definition) is 3. The standard InChI is InChI=1S/C48H56ClN7O8S2/c1-47(2,3)42(44(60)54-28-36(57)24-39(54)43(59)52-26-31-9-11-32(12-10-31)40-27-51-30-66-40)53-41(58)29-63-21-8-20-62-19-6-7-22-64-37-17-15-34(16-18-37)56-46(65)55(45(61)48(56,4)5)35-14-13-33(25-50)38(49)23-35/h9-18,23,27,30,36,39,42,57H,6-8,19-22,24,26,28-29H2,1-5H3,(H,52,59)(H,53,58)/t36-,39+,42-/m1/s1. The number of nitrogens with zero attached hydrogens (tertiary/aromatic N) is 5. The first-order valence-electron chi connectivity index (χ1n) is 21.8. The van der Waals surface area contributed by atoms with Crippen molar-refractivity contribution < 1.29 is 38.5 Å². The summed E-state index contributed by atoms with van der Waals surface area (Å²) in [6, 6.07) is 20.1. The Bertz CT molecular complexity index is 2390. The SMILES string of the molecule is CC(C)(C)[C@H](NC(=O)COCCCOCCCCOc1ccc(N2C(=S)N(c3ccc(C#N)c(Cl)c3)C(=O)C2(C)C)cc1)C(=O)N1C[C@H](O)C[C@H]1C(=O)NCc1ccc(-c2cncs2)cc1. The average molecular weight is 959 g/mol. The van der Waals surface area contributed by atoms with Gasteiger partial charge < -0.3 is 39.8 Å². The highest BCUT2D eigenvalue weighted by molar-refractivity contribution is 7.81. The number of β-amino-alcohol motifs (C(OH)–C–C–N with tert-alkyl or cyclic N) is 1. The normalized spacial score (nSPS) is 17.5. The molecule has 3 N–H and O–H groups in total. The molecule has 0 aliphatic carbocycles. The van der Waals surface area contributed by atoms with E-state index in [1.54, 1.807) is 60.0 Å². The Balaban J connectivity index is 0.854. The van der Waals surface area contributed by atoms with Crippen molar-refractivity contribution in [1.82, 2.24) is 20.5 Å². The van der Waals surface area contributed by atoms with Gasteiger partial charge in [-0.15, -0.1) is 11.3 Å². The van der Waals surface area contributed by atoms with Gasteiger partial charge in [-0.05, 0) is 104 Å². The molecule has 2 fully saturated rings. The third-order valence-corrected chi connectivity index (χ3v) is 12.8. The van der Waals surface area contributed by atoms with Crippen molar-refractivity contribution in [2.75, 3.05) is 49.4 Å². The van der Waals surface area contributed by atoms with Crippen molar-refractivity contribution in [3.8, 4) is 22.3 Å². The van der Waals surface area contributed by atoms with Gasteiger partial charge in [-0.2, -0.15) is 5.26 Å². The van der Waals surface area contributed by atoms with Gasteiger partial charge in [0.05, 0.1) is 39.4 Å². The molecule has 1 aromatic heterocycles. The van der Waals surface area contributed by atoms with E-state index in [1.807, 2.05) is 75.4 Å². The smallest absolute Gasteiger partial charge is 0.259 e. The Hall–Kier alpha value is -5.48. The number of thiazole rings is 1. The third-order valence-electron chi connectivity index (χ3n) is 11.3. The molecule has 3 heterocycles. The van der Waals surface area contributed by atoms with Gasteiger partial charge in [0, 0.05) is 51.2 Å². The van der Waals surface area contributed by atoms with Crippen LogP contribution in [0.4, 0.5) is 11.4 Å². The molecule has 0 spiro atoms. The number of nitrogens with one attached hydrogen (secondary N) is 2. The summed E-state index contributed by atoms with van der Waals surface area (Å²) in [7, 11) is 0. The molecule has 4 aromatic rings. The number of nitriles is 1. The summed E-state index contributed by atoms with van der Waals surface area (Å²) in [5.74, 6) is -0.815. The molecule has 0 unspecified atom stereocenters. The molecule has 15 nitrogen and oxygen atoms in total. The Labute approximate surface area is 400 Å². The van der Waals surface area contributed by atoms with E-state index >= 15 is 0 Å². The third kappa shape index (κ3) is 12.3. The molecule has 6 rings (SSSR count). The minimum absolute atomic E-state index is 0.0146. The van der Waals surface area contributed by atoms with Crippen molar-refractivity contribution in [2.24, 2.45) is 5.41 Å². The predicted molar refractivity (Wildman–Crippen MR) is 257 cm³/mol. The first kappa shape index (κ1) is 49.9. The van der Waals surface area contributed by atoms with Gasteiger partial charge in [0.25, 0.3) is 5.91 Å². The number of carbonyl (C=O) groups is 4. The molecule has 2 aliphatic rings. The molecule has 0 bridgehead atoms. The number of halogens is 1. The fourth-order valence-corrected chi connectivity index (χ4v) is 9.05. The maximum atomic E-state index is 13.9. The minimum Gasteiger partial charge on any atom is -0.494 e. The van der Waals surface area contributed by atoms with Crippen LogP contribution in [0, 0.1) is 16.7 Å². The lowest BCUT2D eigenvalue weighted by atomic mass is 9.85. The van der Waals surface area contributed by atoms with E-state index in [-0.39, 0.29) is 49.6 Å². The van der Waals surface area contributed by atoms with E-state index in [4.69, 9.17) is 38.0 Å². The van der Waals surface area contributed by atoms with Crippen LogP contribution in [0.3, 0.4) is 0 Å². The van der Waals surface area contributed by atoms with Crippen molar-refractivity contribution in [3.05, 3.63) is 94.6 Å². The van der Waals surface area contributed by atoms with E-state index in [0.29, 0.717) is 48.4 Å². The van der Waals surface area contributed by atoms with Gasteiger partial charge in [0.2, 0.25) is 17.7 Å². The molecule has 3 atom stereocenters. The summed E-state index contributed by atoms with van der Waals surface area (Å²) in [6.45, 7) is 10.8. The maximum Gasteiger partial charge on any atom is 0.259 e. The second-order valence-corrected chi connectivity index (χ2v) is 19.4. The number of aliphatic hydroxyl groups excluding tert-OH is 1. The number of benzene rings is 3. The molecule has 0 radical (unpaired) electrons. The van der Waals surface area contributed by atoms with Crippen LogP contribution in [0.2, 0.25) is 5.02 Å². The molecule has 4 amide bonds. The van der Waals surface area contributed by atoms with Gasteiger partial charge in [0.15, 0.2) is 5.11 Å². The number of likely N-dealkylation sites (tertiary alicyclic amines) is 1. The van der Waals surface area contributed by atoms with Crippen LogP contribution in [0.5, 0.6) is 5.75 Å². The van der Waals surface area contributed by atoms with Gasteiger partial charge in [-0.25, -0.2) is 0 Å². The number of unbranched alkanes of at least 4 members (excludes halogenated alkanes) is 1. The summed E-state index contributed by atoms with van der Waals surface area (Å²) in [4.78, 5) is 63.5. The van der Waals surface area contributed by atoms with Crippen LogP contribution in [-0.4, -0.2) is 107 Å². The van der Waals surface area contributed by atoms with Crippen LogP contribution in [0.25, 0.3) is 10.4 Å². The zero-order chi connectivity index (χ0) is 47.6. The summed E-state index contributed by atoms with van der Waals surface area (Å²) in [5, 5.41) is 26.0. The number of amides is 4. The average Bonchev–Trinajstić information content (AvgIpc) is 4.01. The lowest BCUT2D eigenvalue weighted by molar-refractivity contribution is -0.144. The Kier molecular flexibility index (Phi) is 16.9. The number of aliphatic hydroxyl groups is 1. The van der Waals surface area contributed by atoms with Crippen LogP contribution < -0.4 is 25.2 Å². The Morgan fingerprint density at radius 3 is 2.35 bits per heavy atom. The number of carbonyl (C=O) groups excluding carboxylic acids is 4. The zero-order valence-corrected chi connectivity index (χ0v) is 40.1. The molecule has 350 valence electrons. The molecular weight excluding hydrogens is 902 g/mol. The molecular formula is C48H56ClN7O8S2. The monoisotopic (exact) mass is 957 g/mol. The predicted octanol–water partition coefficient (Wildman–Crippen LogP) is 6.64. The topological polar surface area (TPSA) is 187 Å². The van der Waals surface area contributed by atoms with Crippen molar-refractivity contribution in [1.29, 1.82) is 5.26 Å². The molecule has 2 aliphatic heterocycles. The molecule has 3 aromatic carbocycles. The van der Waals surface area contributed by atoms with E-state index in [0.717, 1.165) is 34.5 Å². The van der Waals surface area contributed by atoms with E-state index in [2.05, 4.69) is 15.6 Å². The number of thiocarbonyl (C=S) groups is 1. The second kappa shape index (κ2) is 22.3.